The second-order valence-electron chi connectivity index (χ2n) is 7.83. The summed E-state index contributed by atoms with van der Waals surface area (Å²) in [6, 6.07) is 26.2. The largest absolute Gasteiger partial charge is 0.465 e. The molecule has 29 heavy (non-hydrogen) atoms. The Balaban J connectivity index is 1.96. The van der Waals surface area contributed by atoms with Gasteiger partial charge in [0.05, 0.1) is 0 Å². The molecule has 0 bridgehead atoms. The normalized spacial score (nSPS) is 11.2. The highest BCUT2D eigenvalue weighted by Crippen LogP contribution is 2.39. The zero-order valence-electron chi connectivity index (χ0n) is 17.6. The summed E-state index contributed by atoms with van der Waals surface area (Å²) < 4.78 is 6.45. The molecule has 0 atom stereocenters. The lowest BCUT2D eigenvalue weighted by Crippen LogP contribution is -1.88. The molecular weight excluding hydrogens is 352 g/mol. The van der Waals surface area contributed by atoms with Gasteiger partial charge in [-0.25, -0.2) is 0 Å². The molecule has 0 saturated carbocycles. The summed E-state index contributed by atoms with van der Waals surface area (Å²) in [7, 11) is 0. The van der Waals surface area contributed by atoms with Gasteiger partial charge >= 0.3 is 0 Å². The van der Waals surface area contributed by atoms with Crippen molar-refractivity contribution >= 4 is 10.8 Å². The molecule has 3 aromatic carbocycles. The van der Waals surface area contributed by atoms with Crippen molar-refractivity contribution in [3.05, 3.63) is 84.3 Å². The molecule has 0 aliphatic heterocycles. The van der Waals surface area contributed by atoms with E-state index in [1.54, 1.807) is 0 Å². The number of furan rings is 1. The van der Waals surface area contributed by atoms with E-state index in [0.717, 1.165) is 37.2 Å². The Kier molecular flexibility index (Phi) is 6.14. The second-order valence-corrected chi connectivity index (χ2v) is 7.83. The summed E-state index contributed by atoms with van der Waals surface area (Å²) in [5, 5.41) is 2.59. The molecule has 0 unspecified atom stereocenters. The predicted octanol–water partition coefficient (Wildman–Crippen LogP) is 8.45. The van der Waals surface area contributed by atoms with Crippen LogP contribution in [0, 0.1) is 0 Å². The highest BCUT2D eigenvalue weighted by molar-refractivity contribution is 5.98. The molecule has 0 amide bonds. The van der Waals surface area contributed by atoms with E-state index in [1.165, 1.54) is 45.9 Å². The van der Waals surface area contributed by atoms with E-state index in [-0.39, 0.29) is 0 Å². The first-order valence-corrected chi connectivity index (χ1v) is 11.0. The molecule has 148 valence electrons. The maximum absolute atomic E-state index is 6.45. The lowest BCUT2D eigenvalue weighted by molar-refractivity contribution is 0.459. The van der Waals surface area contributed by atoms with Gasteiger partial charge in [0.2, 0.25) is 0 Å². The highest BCUT2D eigenvalue weighted by atomic mass is 16.3. The number of hydrogen-bond acceptors (Lipinski definition) is 1. The van der Waals surface area contributed by atoms with Crippen LogP contribution >= 0.6 is 0 Å². The number of rotatable bonds is 8. The van der Waals surface area contributed by atoms with Gasteiger partial charge in [-0.3, -0.25) is 0 Å². The van der Waals surface area contributed by atoms with Gasteiger partial charge in [-0.1, -0.05) is 87.4 Å². The molecule has 0 aliphatic carbocycles. The van der Waals surface area contributed by atoms with Crippen molar-refractivity contribution in [1.82, 2.24) is 0 Å². The predicted molar refractivity (Wildman–Crippen MR) is 124 cm³/mol. The fourth-order valence-electron chi connectivity index (χ4n) is 4.08. The van der Waals surface area contributed by atoms with Crippen molar-refractivity contribution in [3.8, 4) is 22.3 Å². The van der Waals surface area contributed by atoms with Crippen molar-refractivity contribution in [1.29, 1.82) is 0 Å². The van der Waals surface area contributed by atoms with Gasteiger partial charge in [-0.2, -0.15) is 0 Å². The first-order chi connectivity index (χ1) is 14.3. The standard InChI is InChI=1S/C28H30O/c1-3-5-17-27-25-19-23(21-13-9-7-10-14-21)24(22-15-11-8-12-16-22)20-26(25)28(29-27)18-6-4-2/h7-16,19-20H,3-6,17-18H2,1-2H3. The summed E-state index contributed by atoms with van der Waals surface area (Å²) in [6.07, 6.45) is 6.71. The minimum Gasteiger partial charge on any atom is -0.465 e. The van der Waals surface area contributed by atoms with Gasteiger partial charge in [0.1, 0.15) is 11.5 Å². The van der Waals surface area contributed by atoms with Gasteiger partial charge in [0.25, 0.3) is 0 Å². The van der Waals surface area contributed by atoms with Crippen LogP contribution in [0.1, 0.15) is 51.1 Å². The van der Waals surface area contributed by atoms with E-state index in [1.807, 2.05) is 0 Å². The van der Waals surface area contributed by atoms with E-state index in [0.29, 0.717) is 0 Å². The van der Waals surface area contributed by atoms with Crippen LogP contribution in [-0.4, -0.2) is 0 Å². The Morgan fingerprint density at radius 3 is 1.38 bits per heavy atom. The fourth-order valence-corrected chi connectivity index (χ4v) is 4.08. The van der Waals surface area contributed by atoms with Gasteiger partial charge in [-0.15, -0.1) is 0 Å². The van der Waals surface area contributed by atoms with Crippen LogP contribution in [0.2, 0.25) is 0 Å². The van der Waals surface area contributed by atoms with Crippen LogP contribution in [0.3, 0.4) is 0 Å². The molecule has 0 aliphatic rings. The Bertz CT molecular complexity index is 972. The Labute approximate surface area is 174 Å². The van der Waals surface area contributed by atoms with Gasteiger partial charge in [0.15, 0.2) is 0 Å². The zero-order valence-corrected chi connectivity index (χ0v) is 17.6. The van der Waals surface area contributed by atoms with Gasteiger partial charge in [0, 0.05) is 23.6 Å². The van der Waals surface area contributed by atoms with E-state index >= 15 is 0 Å². The molecule has 1 nitrogen and oxygen atoms in total. The number of fused-ring (bicyclic) bond motifs is 1. The van der Waals surface area contributed by atoms with Crippen LogP contribution in [-0.2, 0) is 12.8 Å². The van der Waals surface area contributed by atoms with Crippen LogP contribution in [0.15, 0.2) is 77.2 Å². The number of unbranched alkanes of at least 4 members (excludes halogenated alkanes) is 2. The molecule has 0 spiro atoms. The van der Waals surface area contributed by atoms with Crippen LogP contribution in [0.4, 0.5) is 0 Å². The minimum absolute atomic E-state index is 1.01. The molecular formula is C28H30O. The molecule has 1 heteroatoms. The van der Waals surface area contributed by atoms with Crippen molar-refractivity contribution < 1.29 is 4.42 Å². The van der Waals surface area contributed by atoms with Crippen LogP contribution in [0.25, 0.3) is 33.0 Å². The molecule has 4 rings (SSSR count). The summed E-state index contributed by atoms with van der Waals surface area (Å²) in [6.45, 7) is 4.48. The molecule has 1 aromatic heterocycles. The summed E-state index contributed by atoms with van der Waals surface area (Å²) in [5.41, 5.74) is 5.08. The third-order valence-corrected chi connectivity index (χ3v) is 5.69. The smallest absolute Gasteiger partial charge is 0.112 e. The maximum Gasteiger partial charge on any atom is 0.112 e. The third-order valence-electron chi connectivity index (χ3n) is 5.69. The van der Waals surface area contributed by atoms with Crippen molar-refractivity contribution in [2.24, 2.45) is 0 Å². The lowest BCUT2D eigenvalue weighted by atomic mass is 9.91. The van der Waals surface area contributed by atoms with Crippen molar-refractivity contribution in [3.63, 3.8) is 0 Å². The van der Waals surface area contributed by atoms with Crippen molar-refractivity contribution in [2.45, 2.75) is 52.4 Å². The quantitative estimate of drug-likeness (QED) is 0.298. The van der Waals surface area contributed by atoms with Gasteiger partial charge in [-0.05, 0) is 47.2 Å². The topological polar surface area (TPSA) is 13.1 Å². The Morgan fingerprint density at radius 2 is 1.00 bits per heavy atom. The number of aryl methyl sites for hydroxylation is 2. The zero-order chi connectivity index (χ0) is 20.1. The second kappa shape index (κ2) is 9.13. The third kappa shape index (κ3) is 4.15. The van der Waals surface area contributed by atoms with E-state index in [9.17, 15) is 0 Å². The monoisotopic (exact) mass is 382 g/mol. The Hall–Kier alpha value is -2.80. The van der Waals surface area contributed by atoms with E-state index in [4.69, 9.17) is 4.42 Å². The molecule has 0 N–H and O–H groups in total. The number of hydrogen-bond donors (Lipinski definition) is 0. The average molecular weight is 383 g/mol. The lowest BCUT2D eigenvalue weighted by Gasteiger charge is -2.12. The summed E-state index contributed by atoms with van der Waals surface area (Å²) in [4.78, 5) is 0. The molecule has 4 aromatic rings. The summed E-state index contributed by atoms with van der Waals surface area (Å²) in [5.74, 6) is 2.31. The highest BCUT2D eigenvalue weighted by Gasteiger charge is 2.17. The molecule has 1 heterocycles. The SMILES string of the molecule is CCCCc1oc(CCCC)c2cc(-c3ccccc3)c(-c3ccccc3)cc12. The van der Waals surface area contributed by atoms with Crippen molar-refractivity contribution in [2.75, 3.05) is 0 Å². The molecule has 0 radical (unpaired) electrons. The van der Waals surface area contributed by atoms with Gasteiger partial charge < -0.3 is 4.42 Å². The first-order valence-electron chi connectivity index (χ1n) is 11.0. The molecule has 0 saturated heterocycles. The van der Waals surface area contributed by atoms with Crippen LogP contribution in [0.5, 0.6) is 0 Å². The van der Waals surface area contributed by atoms with E-state index in [2.05, 4.69) is 86.6 Å². The van der Waals surface area contributed by atoms with Crippen LogP contribution < -0.4 is 0 Å². The first kappa shape index (κ1) is 19.5. The maximum atomic E-state index is 6.45. The Morgan fingerprint density at radius 1 is 0.586 bits per heavy atom. The van der Waals surface area contributed by atoms with E-state index < -0.39 is 0 Å². The number of benzene rings is 3. The minimum atomic E-state index is 1.01. The fraction of sp³-hybridized carbons (Fsp3) is 0.286. The molecule has 0 fully saturated rings. The summed E-state index contributed by atoms with van der Waals surface area (Å²) >= 11 is 0. The average Bonchev–Trinajstić information content (AvgIpc) is 3.13.